The molecule has 104 valence electrons. The second-order valence-corrected chi connectivity index (χ2v) is 4.73. The highest BCUT2D eigenvalue weighted by Crippen LogP contribution is 2.17. The van der Waals surface area contributed by atoms with Crippen LogP contribution in [-0.2, 0) is 0 Å². The van der Waals surface area contributed by atoms with Crippen LogP contribution in [0.3, 0.4) is 0 Å². The molecule has 3 N–H and O–H groups in total. The molecule has 0 atom stereocenters. The van der Waals surface area contributed by atoms with Crippen LogP contribution in [0.25, 0.3) is 0 Å². The number of amides is 1. The summed E-state index contributed by atoms with van der Waals surface area (Å²) in [5, 5.41) is 2.62. The van der Waals surface area contributed by atoms with Gasteiger partial charge in [-0.05, 0) is 23.6 Å². The molecule has 1 amide bonds. The maximum atomic E-state index is 11.9. The van der Waals surface area contributed by atoms with Crippen molar-refractivity contribution in [3.05, 3.63) is 62.4 Å². The number of carbonyl (C=O) groups excluding carboxylic acids is 1. The topological polar surface area (TPSA) is 94.8 Å². The summed E-state index contributed by atoms with van der Waals surface area (Å²) >= 11 is 0. The first-order chi connectivity index (χ1) is 9.45. The lowest BCUT2D eigenvalue weighted by atomic mass is 10.0. The van der Waals surface area contributed by atoms with Crippen molar-refractivity contribution in [2.24, 2.45) is 0 Å². The van der Waals surface area contributed by atoms with Gasteiger partial charge in [0.05, 0.1) is 0 Å². The monoisotopic (exact) mass is 273 g/mol. The zero-order valence-corrected chi connectivity index (χ0v) is 11.2. The van der Waals surface area contributed by atoms with Crippen LogP contribution in [0.15, 0.2) is 39.9 Å². The van der Waals surface area contributed by atoms with Gasteiger partial charge in [-0.3, -0.25) is 14.6 Å². The number of hydrogen-bond acceptors (Lipinski definition) is 3. The highest BCUT2D eigenvalue weighted by molar-refractivity contribution is 6.02. The Kier molecular flexibility index (Phi) is 3.84. The fourth-order valence-corrected chi connectivity index (χ4v) is 1.74. The summed E-state index contributed by atoms with van der Waals surface area (Å²) in [4.78, 5) is 38.4. The Morgan fingerprint density at radius 2 is 1.75 bits per heavy atom. The summed E-state index contributed by atoms with van der Waals surface area (Å²) in [5.74, 6) is -0.130. The molecule has 0 bridgehead atoms. The zero-order valence-electron chi connectivity index (χ0n) is 11.2. The van der Waals surface area contributed by atoms with Crippen LogP contribution >= 0.6 is 0 Å². The van der Waals surface area contributed by atoms with Gasteiger partial charge in [0.25, 0.3) is 11.5 Å². The highest BCUT2D eigenvalue weighted by atomic mass is 16.2. The number of benzene rings is 1. The summed E-state index contributed by atoms with van der Waals surface area (Å²) in [6.07, 6.45) is 0. The summed E-state index contributed by atoms with van der Waals surface area (Å²) in [6.45, 7) is 4.16. The van der Waals surface area contributed by atoms with E-state index in [1.54, 1.807) is 12.1 Å². The predicted octanol–water partition coefficient (Wildman–Crippen LogP) is 1.44. The van der Waals surface area contributed by atoms with E-state index in [2.05, 4.69) is 24.1 Å². The fraction of sp³-hybridized carbons (Fsp3) is 0.214. The van der Waals surface area contributed by atoms with Crippen LogP contribution in [0.2, 0.25) is 0 Å². The Hall–Kier alpha value is -2.63. The second-order valence-electron chi connectivity index (χ2n) is 4.73. The molecule has 0 radical (unpaired) electrons. The summed E-state index contributed by atoms with van der Waals surface area (Å²) in [7, 11) is 0. The van der Waals surface area contributed by atoms with Crippen LogP contribution < -0.4 is 16.6 Å². The van der Waals surface area contributed by atoms with E-state index in [0.29, 0.717) is 11.6 Å². The molecular formula is C14H15N3O3. The van der Waals surface area contributed by atoms with Crippen molar-refractivity contribution >= 4 is 11.6 Å². The molecule has 0 saturated carbocycles. The minimum Gasteiger partial charge on any atom is -0.321 e. The molecule has 0 spiro atoms. The number of H-pyrrole nitrogens is 2. The van der Waals surface area contributed by atoms with Gasteiger partial charge in [0.1, 0.15) is 5.69 Å². The minimum absolute atomic E-state index is 0.0771. The quantitative estimate of drug-likeness (QED) is 0.789. The van der Waals surface area contributed by atoms with Crippen LogP contribution in [-0.4, -0.2) is 15.9 Å². The van der Waals surface area contributed by atoms with E-state index in [9.17, 15) is 14.4 Å². The Morgan fingerprint density at radius 1 is 1.10 bits per heavy atom. The largest absolute Gasteiger partial charge is 0.326 e. The van der Waals surface area contributed by atoms with Gasteiger partial charge in [-0.2, -0.15) is 0 Å². The first-order valence-electron chi connectivity index (χ1n) is 6.20. The molecule has 6 nitrogen and oxygen atoms in total. The molecule has 2 aromatic rings. The van der Waals surface area contributed by atoms with Crippen molar-refractivity contribution in [1.29, 1.82) is 0 Å². The van der Waals surface area contributed by atoms with Gasteiger partial charge in [0.15, 0.2) is 0 Å². The standard InChI is InChI=1S/C14H15N3O3/c1-8(2)9-3-5-10(6-4-9)15-13(19)11-7-12(18)17-14(20)16-11/h3-8H,1-2H3,(H,15,19)(H2,16,17,18,20). The molecule has 0 fully saturated rings. The van der Waals surface area contributed by atoms with Gasteiger partial charge in [-0.25, -0.2) is 4.79 Å². The van der Waals surface area contributed by atoms with E-state index in [1.165, 1.54) is 0 Å². The van der Waals surface area contributed by atoms with Crippen molar-refractivity contribution in [3.8, 4) is 0 Å². The Morgan fingerprint density at radius 3 is 2.30 bits per heavy atom. The minimum atomic E-state index is -0.710. The first kappa shape index (κ1) is 13.8. The van der Waals surface area contributed by atoms with E-state index in [4.69, 9.17) is 0 Å². The van der Waals surface area contributed by atoms with Crippen molar-refractivity contribution in [2.45, 2.75) is 19.8 Å². The maximum absolute atomic E-state index is 11.9. The predicted molar refractivity (Wildman–Crippen MR) is 76.2 cm³/mol. The third kappa shape index (κ3) is 3.23. The van der Waals surface area contributed by atoms with Gasteiger partial charge in [0, 0.05) is 11.8 Å². The van der Waals surface area contributed by atoms with Crippen LogP contribution in [0.4, 0.5) is 5.69 Å². The molecule has 0 aliphatic heterocycles. The number of hydrogen-bond donors (Lipinski definition) is 3. The van der Waals surface area contributed by atoms with Gasteiger partial charge >= 0.3 is 5.69 Å². The number of aromatic amines is 2. The number of carbonyl (C=O) groups is 1. The second kappa shape index (κ2) is 5.56. The Labute approximate surface area is 114 Å². The van der Waals surface area contributed by atoms with E-state index >= 15 is 0 Å². The molecule has 0 aliphatic rings. The number of nitrogens with one attached hydrogen (secondary N) is 3. The fourth-order valence-electron chi connectivity index (χ4n) is 1.74. The molecule has 0 saturated heterocycles. The summed E-state index contributed by atoms with van der Waals surface area (Å²) < 4.78 is 0. The Bertz CT molecular complexity index is 698. The summed E-state index contributed by atoms with van der Waals surface area (Å²) in [6, 6.07) is 8.43. The number of rotatable bonds is 3. The van der Waals surface area contributed by atoms with E-state index in [0.717, 1.165) is 11.6 Å². The average Bonchev–Trinajstić information content (AvgIpc) is 2.38. The molecule has 1 aromatic heterocycles. The molecule has 6 heteroatoms. The lowest BCUT2D eigenvalue weighted by molar-refractivity contribution is 0.102. The van der Waals surface area contributed by atoms with Crippen molar-refractivity contribution < 1.29 is 4.79 Å². The van der Waals surface area contributed by atoms with E-state index in [1.807, 2.05) is 17.1 Å². The maximum Gasteiger partial charge on any atom is 0.326 e. The molecule has 0 unspecified atom stereocenters. The van der Waals surface area contributed by atoms with E-state index in [-0.39, 0.29) is 5.69 Å². The van der Waals surface area contributed by atoms with Gasteiger partial charge in [-0.1, -0.05) is 26.0 Å². The van der Waals surface area contributed by atoms with Gasteiger partial charge in [0.2, 0.25) is 0 Å². The molecular weight excluding hydrogens is 258 g/mol. The molecule has 1 heterocycles. The zero-order chi connectivity index (χ0) is 14.7. The van der Waals surface area contributed by atoms with Gasteiger partial charge in [-0.15, -0.1) is 0 Å². The third-order valence-corrected chi connectivity index (χ3v) is 2.84. The van der Waals surface area contributed by atoms with Crippen LogP contribution in [0, 0.1) is 0 Å². The molecule has 0 aliphatic carbocycles. The van der Waals surface area contributed by atoms with Crippen LogP contribution in [0.1, 0.15) is 35.8 Å². The van der Waals surface area contributed by atoms with Gasteiger partial charge < -0.3 is 10.3 Å². The Balaban J connectivity index is 2.19. The van der Waals surface area contributed by atoms with E-state index < -0.39 is 17.2 Å². The number of anilines is 1. The SMILES string of the molecule is CC(C)c1ccc(NC(=O)c2cc(=O)[nH]c(=O)[nH]2)cc1. The van der Waals surface area contributed by atoms with Crippen LogP contribution in [0.5, 0.6) is 0 Å². The third-order valence-electron chi connectivity index (χ3n) is 2.84. The summed E-state index contributed by atoms with van der Waals surface area (Å²) in [5.41, 5.74) is 0.353. The van der Waals surface area contributed by atoms with Crippen molar-refractivity contribution in [3.63, 3.8) is 0 Å². The first-order valence-corrected chi connectivity index (χ1v) is 6.20. The van der Waals surface area contributed by atoms with Crippen molar-refractivity contribution in [2.75, 3.05) is 5.32 Å². The molecule has 2 rings (SSSR count). The lowest BCUT2D eigenvalue weighted by Crippen LogP contribution is -2.27. The number of aromatic nitrogens is 2. The lowest BCUT2D eigenvalue weighted by Gasteiger charge is -2.08. The highest BCUT2D eigenvalue weighted by Gasteiger charge is 2.08. The average molecular weight is 273 g/mol. The molecule has 20 heavy (non-hydrogen) atoms. The normalized spacial score (nSPS) is 10.6. The van der Waals surface area contributed by atoms with Crippen molar-refractivity contribution in [1.82, 2.24) is 9.97 Å². The molecule has 1 aromatic carbocycles. The smallest absolute Gasteiger partial charge is 0.321 e.